The number of amides is 1. The van der Waals surface area contributed by atoms with Gasteiger partial charge in [0.15, 0.2) is 0 Å². The van der Waals surface area contributed by atoms with Gasteiger partial charge in [-0.05, 0) is 25.7 Å². The van der Waals surface area contributed by atoms with Gasteiger partial charge in [0.25, 0.3) is 0 Å². The molecule has 0 spiro atoms. The van der Waals surface area contributed by atoms with Crippen LogP contribution in [-0.2, 0) is 4.79 Å². The van der Waals surface area contributed by atoms with Gasteiger partial charge in [0.05, 0.1) is 0 Å². The average Bonchev–Trinajstić information content (AvgIpc) is 2.76. The van der Waals surface area contributed by atoms with Crippen molar-refractivity contribution >= 4 is 5.91 Å². The molecule has 0 aliphatic heterocycles. The lowest BCUT2D eigenvalue weighted by atomic mass is 9.91. The Labute approximate surface area is 189 Å². The Balaban J connectivity index is 2.23. The van der Waals surface area contributed by atoms with Crippen LogP contribution >= 0.6 is 0 Å². The Morgan fingerprint density at radius 3 is 1.47 bits per heavy atom. The van der Waals surface area contributed by atoms with Crippen LogP contribution in [0.1, 0.15) is 162 Å². The van der Waals surface area contributed by atoms with E-state index in [1.54, 1.807) is 0 Å². The molecular weight excluding hydrogens is 366 g/mol. The zero-order valence-corrected chi connectivity index (χ0v) is 20.8. The summed E-state index contributed by atoms with van der Waals surface area (Å²) < 4.78 is 0. The second kappa shape index (κ2) is 20.4. The normalized spacial score (nSPS) is 15.0. The number of nitrogens with one attached hydrogen (secondary N) is 1. The number of rotatable bonds is 20. The quantitative estimate of drug-likeness (QED) is 0.195. The van der Waals surface area contributed by atoms with E-state index in [1.807, 2.05) is 0 Å². The SMILES string of the molecule is CCCCCCCCCCC(CCCCCCCCCC)C(=O)NC1CCCCC1. The molecule has 1 aliphatic carbocycles. The largest absolute Gasteiger partial charge is 0.353 e. The maximum absolute atomic E-state index is 13.0. The summed E-state index contributed by atoms with van der Waals surface area (Å²) in [6.45, 7) is 4.57. The Morgan fingerprint density at radius 2 is 1.03 bits per heavy atom. The molecule has 0 aromatic carbocycles. The molecule has 178 valence electrons. The van der Waals surface area contributed by atoms with Gasteiger partial charge in [-0.3, -0.25) is 4.79 Å². The summed E-state index contributed by atoms with van der Waals surface area (Å²) in [5.41, 5.74) is 0. The summed E-state index contributed by atoms with van der Waals surface area (Å²) in [6.07, 6.45) is 30.2. The van der Waals surface area contributed by atoms with Crippen LogP contribution in [0.3, 0.4) is 0 Å². The van der Waals surface area contributed by atoms with Crippen LogP contribution in [0.2, 0.25) is 0 Å². The zero-order chi connectivity index (χ0) is 21.7. The predicted molar refractivity (Wildman–Crippen MR) is 133 cm³/mol. The second-order valence-electron chi connectivity index (χ2n) is 10.1. The van der Waals surface area contributed by atoms with Crippen molar-refractivity contribution < 1.29 is 4.79 Å². The van der Waals surface area contributed by atoms with Crippen molar-refractivity contribution in [3.05, 3.63) is 0 Å². The van der Waals surface area contributed by atoms with Crippen molar-refractivity contribution in [3.8, 4) is 0 Å². The predicted octanol–water partition coefficient (Wildman–Crippen LogP) is 9.11. The Kier molecular flexibility index (Phi) is 18.7. The van der Waals surface area contributed by atoms with E-state index < -0.39 is 0 Å². The average molecular weight is 422 g/mol. The molecular formula is C28H55NO. The van der Waals surface area contributed by atoms with Gasteiger partial charge in [-0.2, -0.15) is 0 Å². The third kappa shape index (κ3) is 15.3. The maximum Gasteiger partial charge on any atom is 0.223 e. The molecule has 0 atom stereocenters. The third-order valence-electron chi connectivity index (χ3n) is 7.13. The van der Waals surface area contributed by atoms with Gasteiger partial charge in [-0.1, -0.05) is 136 Å². The fourth-order valence-electron chi connectivity index (χ4n) is 5.02. The second-order valence-corrected chi connectivity index (χ2v) is 10.1. The van der Waals surface area contributed by atoms with Crippen LogP contribution in [0.15, 0.2) is 0 Å². The standard InChI is InChI=1S/C28H55NO/c1-3-5-7-9-11-13-15-18-22-26(23-19-16-14-12-10-8-6-4-2)28(30)29-27-24-20-17-21-25-27/h26-27H,3-25H2,1-2H3,(H,29,30). The highest BCUT2D eigenvalue weighted by Crippen LogP contribution is 2.22. The van der Waals surface area contributed by atoms with Crippen molar-refractivity contribution in [2.75, 3.05) is 0 Å². The summed E-state index contributed by atoms with van der Waals surface area (Å²) in [7, 11) is 0. The van der Waals surface area contributed by atoms with Gasteiger partial charge >= 0.3 is 0 Å². The van der Waals surface area contributed by atoms with E-state index in [9.17, 15) is 4.79 Å². The minimum absolute atomic E-state index is 0.270. The van der Waals surface area contributed by atoms with E-state index in [0.717, 1.165) is 12.8 Å². The van der Waals surface area contributed by atoms with Crippen LogP contribution in [0.4, 0.5) is 0 Å². The van der Waals surface area contributed by atoms with Crippen LogP contribution in [0.5, 0.6) is 0 Å². The van der Waals surface area contributed by atoms with Crippen LogP contribution in [0, 0.1) is 5.92 Å². The van der Waals surface area contributed by atoms with E-state index in [-0.39, 0.29) is 5.92 Å². The number of carbonyl (C=O) groups excluding carboxylic acids is 1. The summed E-state index contributed by atoms with van der Waals surface area (Å²) >= 11 is 0. The molecule has 0 aromatic heterocycles. The van der Waals surface area contributed by atoms with Gasteiger partial charge < -0.3 is 5.32 Å². The molecule has 1 saturated carbocycles. The lowest BCUT2D eigenvalue weighted by molar-refractivity contribution is -0.126. The molecule has 0 aromatic rings. The van der Waals surface area contributed by atoms with Gasteiger partial charge in [0.1, 0.15) is 0 Å². The molecule has 0 saturated heterocycles. The van der Waals surface area contributed by atoms with Crippen molar-refractivity contribution in [3.63, 3.8) is 0 Å². The smallest absolute Gasteiger partial charge is 0.223 e. The van der Waals surface area contributed by atoms with E-state index in [2.05, 4.69) is 19.2 Å². The molecule has 0 radical (unpaired) electrons. The first kappa shape index (κ1) is 27.5. The lowest BCUT2D eigenvalue weighted by Crippen LogP contribution is -2.40. The Morgan fingerprint density at radius 1 is 0.633 bits per heavy atom. The molecule has 1 N–H and O–H groups in total. The molecule has 0 unspecified atom stereocenters. The first-order valence-electron chi connectivity index (χ1n) is 14.1. The topological polar surface area (TPSA) is 29.1 Å². The highest BCUT2D eigenvalue weighted by Gasteiger charge is 2.22. The molecule has 1 fully saturated rings. The molecule has 0 heterocycles. The monoisotopic (exact) mass is 421 g/mol. The number of unbranched alkanes of at least 4 members (excludes halogenated alkanes) is 14. The third-order valence-corrected chi connectivity index (χ3v) is 7.13. The summed E-state index contributed by atoms with van der Waals surface area (Å²) in [5, 5.41) is 3.43. The molecule has 30 heavy (non-hydrogen) atoms. The maximum atomic E-state index is 13.0. The van der Waals surface area contributed by atoms with E-state index >= 15 is 0 Å². The van der Waals surface area contributed by atoms with Gasteiger partial charge in [-0.15, -0.1) is 0 Å². The fraction of sp³-hybridized carbons (Fsp3) is 0.964. The van der Waals surface area contributed by atoms with Crippen molar-refractivity contribution in [1.82, 2.24) is 5.32 Å². The minimum Gasteiger partial charge on any atom is -0.353 e. The minimum atomic E-state index is 0.270. The first-order valence-corrected chi connectivity index (χ1v) is 14.1. The molecule has 2 nitrogen and oxygen atoms in total. The van der Waals surface area contributed by atoms with E-state index in [4.69, 9.17) is 0 Å². The molecule has 1 rings (SSSR count). The number of hydrogen-bond donors (Lipinski definition) is 1. The number of carbonyl (C=O) groups is 1. The Hall–Kier alpha value is -0.530. The first-order chi connectivity index (χ1) is 14.8. The van der Waals surface area contributed by atoms with Crippen molar-refractivity contribution in [2.24, 2.45) is 5.92 Å². The van der Waals surface area contributed by atoms with Gasteiger partial charge in [0.2, 0.25) is 5.91 Å². The molecule has 0 bridgehead atoms. The molecule has 1 amide bonds. The van der Waals surface area contributed by atoms with E-state index in [0.29, 0.717) is 11.9 Å². The number of hydrogen-bond acceptors (Lipinski definition) is 1. The molecule has 2 heteroatoms. The van der Waals surface area contributed by atoms with Crippen LogP contribution in [0.25, 0.3) is 0 Å². The lowest BCUT2D eigenvalue weighted by Gasteiger charge is -2.25. The van der Waals surface area contributed by atoms with Gasteiger partial charge in [-0.25, -0.2) is 0 Å². The van der Waals surface area contributed by atoms with Crippen molar-refractivity contribution in [1.29, 1.82) is 0 Å². The highest BCUT2D eigenvalue weighted by molar-refractivity contribution is 5.78. The molecule has 1 aliphatic rings. The highest BCUT2D eigenvalue weighted by atomic mass is 16.1. The summed E-state index contributed by atoms with van der Waals surface area (Å²) in [6, 6.07) is 0.464. The fourth-order valence-corrected chi connectivity index (χ4v) is 5.02. The van der Waals surface area contributed by atoms with Crippen LogP contribution < -0.4 is 5.32 Å². The van der Waals surface area contributed by atoms with Crippen LogP contribution in [-0.4, -0.2) is 11.9 Å². The Bertz CT molecular complexity index is 355. The zero-order valence-electron chi connectivity index (χ0n) is 20.8. The summed E-state index contributed by atoms with van der Waals surface area (Å²) in [4.78, 5) is 13.0. The van der Waals surface area contributed by atoms with E-state index in [1.165, 1.54) is 135 Å². The summed E-state index contributed by atoms with van der Waals surface area (Å²) in [5.74, 6) is 0.653. The van der Waals surface area contributed by atoms with Gasteiger partial charge in [0, 0.05) is 12.0 Å². The van der Waals surface area contributed by atoms with Crippen molar-refractivity contribution in [2.45, 2.75) is 168 Å².